The lowest BCUT2D eigenvalue weighted by molar-refractivity contribution is 0.128. The van der Waals surface area contributed by atoms with Crippen LogP contribution >= 0.6 is 0 Å². The van der Waals surface area contributed by atoms with Gasteiger partial charge in [0, 0.05) is 6.04 Å². The molecule has 0 saturated carbocycles. The molecule has 0 aliphatic carbocycles. The molecule has 1 aromatic carbocycles. The zero-order chi connectivity index (χ0) is 13.9. The Balaban J connectivity index is 3.24. The van der Waals surface area contributed by atoms with E-state index in [1.54, 1.807) is 0 Å². The van der Waals surface area contributed by atoms with E-state index in [0.29, 0.717) is 6.04 Å². The first-order chi connectivity index (χ1) is 8.29. The minimum atomic E-state index is 0.177. The summed E-state index contributed by atoms with van der Waals surface area (Å²) in [5, 5.41) is 0. The summed E-state index contributed by atoms with van der Waals surface area (Å²) in [6.07, 6.45) is 1.03. The maximum Gasteiger partial charge on any atom is 0.0396 e. The van der Waals surface area contributed by atoms with Gasteiger partial charge in [0.1, 0.15) is 0 Å². The fourth-order valence-electron chi connectivity index (χ4n) is 2.96. The molecule has 2 nitrogen and oxygen atoms in total. The predicted octanol–water partition coefficient (Wildman–Crippen LogP) is 3.28. The molecule has 2 N–H and O–H groups in total. The Morgan fingerprint density at radius 1 is 1.22 bits per heavy atom. The number of nitrogens with two attached hydrogens (primary N) is 1. The van der Waals surface area contributed by atoms with Gasteiger partial charge in [-0.05, 0) is 57.5 Å². The number of hydrogen-bond donors (Lipinski definition) is 1. The highest BCUT2D eigenvalue weighted by Gasteiger charge is 2.32. The van der Waals surface area contributed by atoms with Crippen LogP contribution in [0.25, 0.3) is 0 Å². The molecule has 1 unspecified atom stereocenters. The number of aryl methyl sites for hydroxylation is 2. The summed E-state index contributed by atoms with van der Waals surface area (Å²) in [7, 11) is 4.31. The van der Waals surface area contributed by atoms with E-state index in [1.807, 2.05) is 0 Å². The fraction of sp³-hybridized carbons (Fsp3) is 0.625. The van der Waals surface area contributed by atoms with E-state index in [9.17, 15) is 0 Å². The van der Waals surface area contributed by atoms with Gasteiger partial charge in [-0.25, -0.2) is 0 Å². The molecule has 1 aromatic rings. The Hall–Kier alpha value is -0.860. The molecule has 18 heavy (non-hydrogen) atoms. The van der Waals surface area contributed by atoms with Gasteiger partial charge in [0.15, 0.2) is 0 Å². The van der Waals surface area contributed by atoms with E-state index in [2.05, 4.69) is 64.9 Å². The van der Waals surface area contributed by atoms with Gasteiger partial charge < -0.3 is 10.6 Å². The summed E-state index contributed by atoms with van der Waals surface area (Å²) < 4.78 is 0. The van der Waals surface area contributed by atoms with Gasteiger partial charge in [-0.1, -0.05) is 37.6 Å². The lowest BCUT2D eigenvalue weighted by Crippen LogP contribution is -2.35. The van der Waals surface area contributed by atoms with Crippen molar-refractivity contribution in [1.29, 1.82) is 0 Å². The van der Waals surface area contributed by atoms with Gasteiger partial charge >= 0.3 is 0 Å². The van der Waals surface area contributed by atoms with Crippen LogP contribution in [0.1, 0.15) is 43.0 Å². The van der Waals surface area contributed by atoms with Crippen molar-refractivity contribution in [1.82, 2.24) is 4.90 Å². The third-order valence-corrected chi connectivity index (χ3v) is 3.77. The van der Waals surface area contributed by atoms with E-state index in [-0.39, 0.29) is 5.41 Å². The number of benzene rings is 1. The molecule has 0 aliphatic heterocycles. The molecule has 102 valence electrons. The van der Waals surface area contributed by atoms with Crippen LogP contribution in [0.2, 0.25) is 0 Å². The Labute approximate surface area is 112 Å². The molecule has 2 heteroatoms. The van der Waals surface area contributed by atoms with Crippen LogP contribution in [-0.2, 0) is 0 Å². The first-order valence-corrected chi connectivity index (χ1v) is 6.73. The second-order valence-electron chi connectivity index (χ2n) is 6.25. The summed E-state index contributed by atoms with van der Waals surface area (Å²) in [6, 6.07) is 7.13. The first-order valence-electron chi connectivity index (χ1n) is 6.73. The molecule has 0 heterocycles. The zero-order valence-corrected chi connectivity index (χ0v) is 12.7. The van der Waals surface area contributed by atoms with Crippen molar-refractivity contribution in [3.63, 3.8) is 0 Å². The van der Waals surface area contributed by atoms with Crippen molar-refractivity contribution in [2.75, 3.05) is 20.6 Å². The molecule has 1 atom stereocenters. The van der Waals surface area contributed by atoms with Crippen LogP contribution < -0.4 is 5.73 Å². The smallest absolute Gasteiger partial charge is 0.0396 e. The van der Waals surface area contributed by atoms with Crippen LogP contribution in [0.3, 0.4) is 0 Å². The summed E-state index contributed by atoms with van der Waals surface area (Å²) in [4.78, 5) is 2.32. The van der Waals surface area contributed by atoms with E-state index < -0.39 is 0 Å². The molecule has 0 saturated heterocycles. The normalized spacial score (nSPS) is 14.0. The SMILES string of the molecule is Cc1ccc(C)c(C(N(C)C)C(C)(C)CCN)c1. The number of nitrogens with zero attached hydrogens (tertiary/aromatic N) is 1. The van der Waals surface area contributed by atoms with Gasteiger partial charge in [-0.3, -0.25) is 0 Å². The minimum Gasteiger partial charge on any atom is -0.330 e. The molecule has 0 amide bonds. The van der Waals surface area contributed by atoms with E-state index in [0.717, 1.165) is 13.0 Å². The largest absolute Gasteiger partial charge is 0.330 e. The van der Waals surface area contributed by atoms with Crippen molar-refractivity contribution in [3.05, 3.63) is 34.9 Å². The van der Waals surface area contributed by atoms with Gasteiger partial charge in [-0.2, -0.15) is 0 Å². The minimum absolute atomic E-state index is 0.177. The Bertz CT molecular complexity index is 394. The van der Waals surface area contributed by atoms with Gasteiger partial charge in [0.2, 0.25) is 0 Å². The molecule has 0 aromatic heterocycles. The topological polar surface area (TPSA) is 29.3 Å². The lowest BCUT2D eigenvalue weighted by atomic mass is 9.76. The highest BCUT2D eigenvalue weighted by molar-refractivity contribution is 5.34. The fourth-order valence-corrected chi connectivity index (χ4v) is 2.96. The molecule has 0 aliphatic rings. The second-order valence-corrected chi connectivity index (χ2v) is 6.25. The highest BCUT2D eigenvalue weighted by atomic mass is 15.1. The van der Waals surface area contributed by atoms with Crippen molar-refractivity contribution >= 4 is 0 Å². The van der Waals surface area contributed by atoms with E-state index in [4.69, 9.17) is 5.73 Å². The monoisotopic (exact) mass is 248 g/mol. The van der Waals surface area contributed by atoms with Crippen LogP contribution in [0.15, 0.2) is 18.2 Å². The Morgan fingerprint density at radius 3 is 2.33 bits per heavy atom. The maximum absolute atomic E-state index is 5.78. The maximum atomic E-state index is 5.78. The molecular formula is C16H28N2. The van der Waals surface area contributed by atoms with Crippen molar-refractivity contribution < 1.29 is 0 Å². The summed E-state index contributed by atoms with van der Waals surface area (Å²) in [5.74, 6) is 0. The van der Waals surface area contributed by atoms with E-state index >= 15 is 0 Å². The van der Waals surface area contributed by atoms with Crippen LogP contribution in [0.5, 0.6) is 0 Å². The first kappa shape index (κ1) is 15.2. The van der Waals surface area contributed by atoms with E-state index in [1.165, 1.54) is 16.7 Å². The molecular weight excluding hydrogens is 220 g/mol. The Morgan fingerprint density at radius 2 is 1.83 bits per heavy atom. The zero-order valence-electron chi connectivity index (χ0n) is 12.7. The Kier molecular flexibility index (Phi) is 4.94. The van der Waals surface area contributed by atoms with Gasteiger partial charge in [0.05, 0.1) is 0 Å². The van der Waals surface area contributed by atoms with Crippen molar-refractivity contribution in [2.45, 2.75) is 40.2 Å². The van der Waals surface area contributed by atoms with Crippen LogP contribution in [0.4, 0.5) is 0 Å². The van der Waals surface area contributed by atoms with Crippen LogP contribution in [-0.4, -0.2) is 25.5 Å². The standard InChI is InChI=1S/C16H28N2/c1-12-7-8-13(2)14(11-12)15(18(5)6)16(3,4)9-10-17/h7-8,11,15H,9-10,17H2,1-6H3. The molecule has 0 radical (unpaired) electrons. The summed E-state index contributed by atoms with van der Waals surface area (Å²) >= 11 is 0. The predicted molar refractivity (Wildman–Crippen MR) is 79.8 cm³/mol. The number of rotatable bonds is 5. The van der Waals surface area contributed by atoms with Crippen molar-refractivity contribution in [3.8, 4) is 0 Å². The molecule has 0 bridgehead atoms. The molecule has 0 spiro atoms. The third-order valence-electron chi connectivity index (χ3n) is 3.77. The van der Waals surface area contributed by atoms with Crippen LogP contribution in [0, 0.1) is 19.3 Å². The summed E-state index contributed by atoms with van der Waals surface area (Å²) in [6.45, 7) is 9.72. The average Bonchev–Trinajstić information content (AvgIpc) is 2.22. The summed E-state index contributed by atoms with van der Waals surface area (Å²) in [5.41, 5.74) is 10.1. The molecule has 0 fully saturated rings. The van der Waals surface area contributed by atoms with Crippen molar-refractivity contribution in [2.24, 2.45) is 11.1 Å². The third kappa shape index (κ3) is 3.33. The molecule has 1 rings (SSSR count). The average molecular weight is 248 g/mol. The lowest BCUT2D eigenvalue weighted by Gasteiger charge is -2.40. The highest BCUT2D eigenvalue weighted by Crippen LogP contribution is 2.40. The van der Waals surface area contributed by atoms with Gasteiger partial charge in [-0.15, -0.1) is 0 Å². The quantitative estimate of drug-likeness (QED) is 0.866. The second kappa shape index (κ2) is 5.85. The number of hydrogen-bond acceptors (Lipinski definition) is 2. The van der Waals surface area contributed by atoms with Gasteiger partial charge in [0.25, 0.3) is 0 Å².